The molecule has 94 valence electrons. The fourth-order valence-electron chi connectivity index (χ4n) is 2.16. The van der Waals surface area contributed by atoms with E-state index in [1.54, 1.807) is 6.07 Å². The third-order valence-electron chi connectivity index (χ3n) is 3.16. The topological polar surface area (TPSA) is 16.1 Å². The number of aryl methyl sites for hydroxylation is 1. The van der Waals surface area contributed by atoms with Crippen LogP contribution in [0.4, 0.5) is 8.78 Å². The molecule has 4 heteroatoms. The minimum atomic E-state index is -2.84. The van der Waals surface area contributed by atoms with Gasteiger partial charge in [0, 0.05) is 6.20 Å². The smallest absolute Gasteiger partial charge is 0.297 e. The van der Waals surface area contributed by atoms with E-state index < -0.39 is 5.92 Å². The molecule has 17 heavy (non-hydrogen) atoms. The van der Waals surface area contributed by atoms with Gasteiger partial charge in [-0.3, -0.25) is 9.88 Å². The van der Waals surface area contributed by atoms with Crippen LogP contribution in [0.5, 0.6) is 0 Å². The lowest BCUT2D eigenvalue weighted by Crippen LogP contribution is -2.39. The van der Waals surface area contributed by atoms with Gasteiger partial charge in [-0.05, 0) is 44.5 Å². The molecule has 2 rings (SSSR count). The van der Waals surface area contributed by atoms with Crippen molar-refractivity contribution in [1.82, 2.24) is 9.88 Å². The molecule has 0 radical (unpaired) electrons. The molecule has 0 spiro atoms. The van der Waals surface area contributed by atoms with Crippen LogP contribution in [0.15, 0.2) is 18.3 Å². The maximum Gasteiger partial charge on any atom is 0.302 e. The first-order valence-electron chi connectivity index (χ1n) is 6.11. The molecule has 2 heterocycles. The van der Waals surface area contributed by atoms with Crippen LogP contribution in [-0.2, 0) is 5.92 Å². The molecule has 0 bridgehead atoms. The van der Waals surface area contributed by atoms with Crippen molar-refractivity contribution in [3.8, 4) is 0 Å². The number of aromatic nitrogens is 1. The normalized spacial score (nSPS) is 18.3. The number of hydrogen-bond donors (Lipinski definition) is 0. The minimum absolute atomic E-state index is 0.117. The Labute approximate surface area is 101 Å². The molecule has 1 aromatic heterocycles. The predicted molar refractivity (Wildman–Crippen MR) is 63.2 cm³/mol. The van der Waals surface area contributed by atoms with Crippen molar-refractivity contribution in [1.29, 1.82) is 0 Å². The minimum Gasteiger partial charge on any atom is -0.297 e. The molecule has 0 unspecified atom stereocenters. The van der Waals surface area contributed by atoms with Gasteiger partial charge in [-0.15, -0.1) is 0 Å². The van der Waals surface area contributed by atoms with Crippen LogP contribution in [0.1, 0.15) is 30.5 Å². The fraction of sp³-hybridized carbons (Fsp3) is 0.615. The summed E-state index contributed by atoms with van der Waals surface area (Å²) in [7, 11) is 0. The first-order chi connectivity index (χ1) is 8.08. The van der Waals surface area contributed by atoms with Gasteiger partial charge in [0.1, 0.15) is 5.69 Å². The Morgan fingerprint density at radius 2 is 1.94 bits per heavy atom. The van der Waals surface area contributed by atoms with Crippen LogP contribution in [0.25, 0.3) is 0 Å². The second-order valence-corrected chi connectivity index (χ2v) is 4.76. The number of piperidine rings is 1. The van der Waals surface area contributed by atoms with Crippen LogP contribution in [0, 0.1) is 6.92 Å². The summed E-state index contributed by atoms with van der Waals surface area (Å²) < 4.78 is 27.9. The van der Waals surface area contributed by atoms with E-state index in [9.17, 15) is 8.78 Å². The summed E-state index contributed by atoms with van der Waals surface area (Å²) in [6, 6.07) is 3.12. The molecule has 1 aliphatic rings. The van der Waals surface area contributed by atoms with E-state index in [0.717, 1.165) is 37.9 Å². The molecule has 0 amide bonds. The van der Waals surface area contributed by atoms with Crippen molar-refractivity contribution < 1.29 is 8.78 Å². The summed E-state index contributed by atoms with van der Waals surface area (Å²) in [4.78, 5) is 5.68. The second kappa shape index (κ2) is 5.08. The highest BCUT2D eigenvalue weighted by Gasteiger charge is 2.35. The highest BCUT2D eigenvalue weighted by atomic mass is 19.3. The molecule has 1 aromatic rings. The predicted octanol–water partition coefficient (Wildman–Crippen LogP) is 2.97. The summed E-state index contributed by atoms with van der Waals surface area (Å²) in [6.45, 7) is 3.20. The molecule has 0 atom stereocenters. The Kier molecular flexibility index (Phi) is 3.72. The van der Waals surface area contributed by atoms with Gasteiger partial charge in [-0.25, -0.2) is 0 Å². The van der Waals surface area contributed by atoms with E-state index in [0.29, 0.717) is 0 Å². The standard InChI is InChI=1S/C13H18F2N2/c1-11-5-6-12(16-9-11)13(14,15)10-17-7-3-2-4-8-17/h5-6,9H,2-4,7-8,10H2,1H3. The highest BCUT2D eigenvalue weighted by molar-refractivity contribution is 5.16. The van der Waals surface area contributed by atoms with Crippen molar-refractivity contribution in [3.63, 3.8) is 0 Å². The molecule has 0 aliphatic carbocycles. The number of halogens is 2. The Hall–Kier alpha value is -1.03. The molecule has 1 saturated heterocycles. The molecule has 0 aromatic carbocycles. The second-order valence-electron chi connectivity index (χ2n) is 4.76. The van der Waals surface area contributed by atoms with Crippen molar-refractivity contribution in [2.45, 2.75) is 32.1 Å². The first-order valence-corrected chi connectivity index (χ1v) is 6.11. The van der Waals surface area contributed by atoms with Crippen LogP contribution in [0.2, 0.25) is 0 Å². The Morgan fingerprint density at radius 3 is 2.53 bits per heavy atom. The van der Waals surface area contributed by atoms with Gasteiger partial charge in [0.05, 0.1) is 6.54 Å². The lowest BCUT2D eigenvalue weighted by atomic mass is 10.1. The molecule has 1 fully saturated rings. The van der Waals surface area contributed by atoms with E-state index in [1.807, 2.05) is 11.8 Å². The number of rotatable bonds is 3. The van der Waals surface area contributed by atoms with Crippen LogP contribution < -0.4 is 0 Å². The summed E-state index contributed by atoms with van der Waals surface area (Å²) >= 11 is 0. The molecular weight excluding hydrogens is 222 g/mol. The Balaban J connectivity index is 2.04. The summed E-state index contributed by atoms with van der Waals surface area (Å²) in [5.41, 5.74) is 0.788. The molecule has 2 nitrogen and oxygen atoms in total. The molecule has 0 saturated carbocycles. The quantitative estimate of drug-likeness (QED) is 0.807. The molecule has 1 aliphatic heterocycles. The summed E-state index contributed by atoms with van der Waals surface area (Å²) in [6.07, 6.45) is 4.71. The zero-order valence-electron chi connectivity index (χ0n) is 10.1. The number of alkyl halides is 2. The van der Waals surface area contributed by atoms with Crippen molar-refractivity contribution in [2.75, 3.05) is 19.6 Å². The van der Waals surface area contributed by atoms with Crippen LogP contribution in [-0.4, -0.2) is 29.5 Å². The van der Waals surface area contributed by atoms with Crippen LogP contribution >= 0.6 is 0 Å². The van der Waals surface area contributed by atoms with Crippen molar-refractivity contribution >= 4 is 0 Å². The monoisotopic (exact) mass is 240 g/mol. The SMILES string of the molecule is Cc1ccc(C(F)(F)CN2CCCCC2)nc1. The number of pyridine rings is 1. The van der Waals surface area contributed by atoms with E-state index in [-0.39, 0.29) is 12.2 Å². The lowest BCUT2D eigenvalue weighted by molar-refractivity contribution is -0.0452. The maximum atomic E-state index is 14.0. The van der Waals surface area contributed by atoms with E-state index >= 15 is 0 Å². The van der Waals surface area contributed by atoms with Gasteiger partial charge >= 0.3 is 5.92 Å². The van der Waals surface area contributed by atoms with Gasteiger partial charge in [-0.1, -0.05) is 12.5 Å². The number of nitrogens with zero attached hydrogens (tertiary/aromatic N) is 2. The molecule has 0 N–H and O–H groups in total. The summed E-state index contributed by atoms with van der Waals surface area (Å²) in [5.74, 6) is -2.84. The van der Waals surface area contributed by atoms with Gasteiger partial charge in [0.15, 0.2) is 0 Å². The molecular formula is C13H18F2N2. The van der Waals surface area contributed by atoms with E-state index in [1.165, 1.54) is 12.3 Å². The number of hydrogen-bond acceptors (Lipinski definition) is 2. The van der Waals surface area contributed by atoms with E-state index in [4.69, 9.17) is 0 Å². The van der Waals surface area contributed by atoms with Gasteiger partial charge < -0.3 is 0 Å². The third kappa shape index (κ3) is 3.22. The average molecular weight is 240 g/mol. The van der Waals surface area contributed by atoms with Crippen LogP contribution in [0.3, 0.4) is 0 Å². The van der Waals surface area contributed by atoms with Crippen molar-refractivity contribution in [3.05, 3.63) is 29.6 Å². The van der Waals surface area contributed by atoms with E-state index in [2.05, 4.69) is 4.98 Å². The Morgan fingerprint density at radius 1 is 1.24 bits per heavy atom. The summed E-state index contributed by atoms with van der Waals surface area (Å²) in [5, 5.41) is 0. The van der Waals surface area contributed by atoms with Crippen molar-refractivity contribution in [2.24, 2.45) is 0 Å². The van der Waals surface area contributed by atoms with Gasteiger partial charge in [-0.2, -0.15) is 8.78 Å². The largest absolute Gasteiger partial charge is 0.302 e. The maximum absolute atomic E-state index is 14.0. The Bertz CT molecular complexity index is 356. The fourth-order valence-corrected chi connectivity index (χ4v) is 2.16. The zero-order valence-corrected chi connectivity index (χ0v) is 10.1. The number of likely N-dealkylation sites (tertiary alicyclic amines) is 1. The van der Waals surface area contributed by atoms with Gasteiger partial charge in [0.25, 0.3) is 0 Å². The van der Waals surface area contributed by atoms with Gasteiger partial charge in [0.2, 0.25) is 0 Å². The highest BCUT2D eigenvalue weighted by Crippen LogP contribution is 2.28. The lowest BCUT2D eigenvalue weighted by Gasteiger charge is -2.29. The first kappa shape index (κ1) is 12.4. The third-order valence-corrected chi connectivity index (χ3v) is 3.16. The zero-order chi connectivity index (χ0) is 12.3. The average Bonchev–Trinajstić information content (AvgIpc) is 2.30.